The molecule has 3 nitrogen and oxygen atoms in total. The van der Waals surface area contributed by atoms with Crippen molar-refractivity contribution in [1.29, 1.82) is 0 Å². The van der Waals surface area contributed by atoms with Crippen LogP contribution in [-0.2, 0) is 9.53 Å². The summed E-state index contributed by atoms with van der Waals surface area (Å²) in [7, 11) is 0. The van der Waals surface area contributed by atoms with Gasteiger partial charge in [0, 0.05) is 5.69 Å². The third-order valence-electron chi connectivity index (χ3n) is 1.67. The maximum atomic E-state index is 10.9. The summed E-state index contributed by atoms with van der Waals surface area (Å²) < 4.78 is 5.00. The molecule has 1 aromatic rings. The van der Waals surface area contributed by atoms with Crippen molar-refractivity contribution in [2.45, 2.75) is 20.1 Å². The zero-order valence-corrected chi connectivity index (χ0v) is 8.36. The molecule has 0 aliphatic carbocycles. The van der Waals surface area contributed by atoms with Crippen molar-refractivity contribution in [2.24, 2.45) is 0 Å². The number of rotatable bonds is 4. The van der Waals surface area contributed by atoms with E-state index in [0.29, 0.717) is 0 Å². The molecule has 3 heteroatoms. The Kier molecular flexibility index (Phi) is 3.98. The molecule has 0 bridgehead atoms. The topological polar surface area (TPSA) is 38.3 Å². The van der Waals surface area contributed by atoms with E-state index in [0.717, 1.165) is 5.69 Å². The summed E-state index contributed by atoms with van der Waals surface area (Å²) in [5.41, 5.74) is 0.934. The third kappa shape index (κ3) is 3.47. The van der Waals surface area contributed by atoms with Crippen LogP contribution in [0.2, 0.25) is 0 Å². The van der Waals surface area contributed by atoms with Gasteiger partial charge in [0.15, 0.2) is 6.23 Å². The highest BCUT2D eigenvalue weighted by Crippen LogP contribution is 2.07. The third-order valence-corrected chi connectivity index (χ3v) is 1.67. The molecule has 1 rings (SSSR count). The van der Waals surface area contributed by atoms with Gasteiger partial charge in [-0.25, -0.2) is 0 Å². The van der Waals surface area contributed by atoms with Crippen LogP contribution < -0.4 is 5.32 Å². The maximum absolute atomic E-state index is 10.9. The maximum Gasteiger partial charge on any atom is 0.311 e. The molecule has 1 N–H and O–H groups in total. The average Bonchev–Trinajstić information content (AvgIpc) is 2.19. The highest BCUT2D eigenvalue weighted by Gasteiger charge is 2.06. The number of hydrogen-bond donors (Lipinski definition) is 1. The van der Waals surface area contributed by atoms with Gasteiger partial charge in [-0.05, 0) is 19.1 Å². The Morgan fingerprint density at radius 2 is 2.07 bits per heavy atom. The number of carbonyl (C=O) groups excluding carboxylic acids is 1. The summed E-state index contributed by atoms with van der Waals surface area (Å²) in [6.45, 7) is 3.44. The first-order valence-corrected chi connectivity index (χ1v) is 4.54. The molecule has 0 amide bonds. The van der Waals surface area contributed by atoms with E-state index in [1.807, 2.05) is 30.3 Å². The zero-order chi connectivity index (χ0) is 10.4. The second-order valence-corrected chi connectivity index (χ2v) is 2.88. The standard InChI is InChI=1S/C11H14NO2/c1-3-11(13)14-9(2)12-10-7-5-4-6-8-10/h3-9,12H,1-2H3. The fraction of sp³-hybridized carbons (Fsp3) is 0.273. The van der Waals surface area contributed by atoms with Crippen LogP contribution in [0.4, 0.5) is 5.69 Å². The molecule has 0 saturated carbocycles. The summed E-state index contributed by atoms with van der Waals surface area (Å²) in [5, 5.41) is 3.04. The van der Waals surface area contributed by atoms with Crippen LogP contribution in [-0.4, -0.2) is 12.2 Å². The van der Waals surface area contributed by atoms with Crippen LogP contribution in [0.3, 0.4) is 0 Å². The lowest BCUT2D eigenvalue weighted by atomic mass is 10.3. The first-order valence-electron chi connectivity index (χ1n) is 4.54. The van der Waals surface area contributed by atoms with E-state index in [2.05, 4.69) is 5.32 Å². The van der Waals surface area contributed by atoms with Crippen molar-refractivity contribution in [1.82, 2.24) is 0 Å². The predicted octanol–water partition coefficient (Wildman–Crippen LogP) is 2.21. The lowest BCUT2D eigenvalue weighted by molar-refractivity contribution is -0.142. The quantitative estimate of drug-likeness (QED) is 0.587. The monoisotopic (exact) mass is 192 g/mol. The molecule has 0 aliphatic rings. The molecule has 0 aromatic heterocycles. The number of anilines is 1. The number of ether oxygens (including phenoxy) is 1. The number of hydrogen-bond acceptors (Lipinski definition) is 3. The Morgan fingerprint density at radius 1 is 1.43 bits per heavy atom. The van der Waals surface area contributed by atoms with Gasteiger partial charge >= 0.3 is 5.97 Å². The molecule has 0 fully saturated rings. The molecular formula is C11H14NO2. The average molecular weight is 192 g/mol. The summed E-state index contributed by atoms with van der Waals surface area (Å²) in [6.07, 6.45) is 1.07. The summed E-state index contributed by atoms with van der Waals surface area (Å²) in [5.74, 6) is -0.319. The number of carbonyl (C=O) groups is 1. The molecule has 1 atom stereocenters. The minimum atomic E-state index is -0.319. The van der Waals surface area contributed by atoms with Gasteiger partial charge in [-0.15, -0.1) is 0 Å². The highest BCUT2D eigenvalue weighted by atomic mass is 16.6. The van der Waals surface area contributed by atoms with E-state index in [1.54, 1.807) is 13.8 Å². The Morgan fingerprint density at radius 3 is 2.64 bits per heavy atom. The second kappa shape index (κ2) is 5.27. The van der Waals surface area contributed by atoms with Gasteiger partial charge in [0.2, 0.25) is 0 Å². The van der Waals surface area contributed by atoms with Crippen molar-refractivity contribution >= 4 is 11.7 Å². The molecule has 0 heterocycles. The van der Waals surface area contributed by atoms with Gasteiger partial charge in [-0.2, -0.15) is 0 Å². The van der Waals surface area contributed by atoms with Crippen molar-refractivity contribution < 1.29 is 9.53 Å². The van der Waals surface area contributed by atoms with Crippen molar-refractivity contribution in [2.75, 3.05) is 5.32 Å². The van der Waals surface area contributed by atoms with Crippen LogP contribution in [0, 0.1) is 6.42 Å². The number of benzene rings is 1. The van der Waals surface area contributed by atoms with Crippen LogP contribution in [0.15, 0.2) is 30.3 Å². The summed E-state index contributed by atoms with van der Waals surface area (Å²) in [6, 6.07) is 9.60. The molecule has 1 unspecified atom stereocenters. The normalized spacial score (nSPS) is 11.9. The lowest BCUT2D eigenvalue weighted by Crippen LogP contribution is -2.22. The van der Waals surface area contributed by atoms with Crippen molar-refractivity contribution in [3.8, 4) is 0 Å². The van der Waals surface area contributed by atoms with E-state index in [1.165, 1.54) is 6.42 Å². The number of nitrogens with one attached hydrogen (secondary N) is 1. The molecule has 0 aliphatic heterocycles. The largest absolute Gasteiger partial charge is 0.442 e. The predicted molar refractivity (Wildman–Crippen MR) is 55.6 cm³/mol. The molecule has 0 saturated heterocycles. The Bertz CT molecular complexity index is 285. The van der Waals surface area contributed by atoms with E-state index < -0.39 is 0 Å². The Hall–Kier alpha value is -1.51. The second-order valence-electron chi connectivity index (χ2n) is 2.88. The highest BCUT2D eigenvalue weighted by molar-refractivity contribution is 5.78. The zero-order valence-electron chi connectivity index (χ0n) is 8.36. The fourth-order valence-electron chi connectivity index (χ4n) is 1.04. The van der Waals surface area contributed by atoms with Crippen molar-refractivity contribution in [3.05, 3.63) is 36.8 Å². The molecule has 0 spiro atoms. The molecule has 14 heavy (non-hydrogen) atoms. The van der Waals surface area contributed by atoms with Crippen LogP contribution in [0.5, 0.6) is 0 Å². The van der Waals surface area contributed by atoms with Crippen LogP contribution in [0.1, 0.15) is 13.8 Å². The number of esters is 1. The minimum Gasteiger partial charge on any atom is -0.442 e. The van der Waals surface area contributed by atoms with E-state index >= 15 is 0 Å². The van der Waals surface area contributed by atoms with Crippen LogP contribution >= 0.6 is 0 Å². The van der Waals surface area contributed by atoms with Gasteiger partial charge < -0.3 is 10.1 Å². The summed E-state index contributed by atoms with van der Waals surface area (Å²) in [4.78, 5) is 10.9. The Labute approximate surface area is 84.1 Å². The van der Waals surface area contributed by atoms with Gasteiger partial charge in [-0.3, -0.25) is 4.79 Å². The van der Waals surface area contributed by atoms with Gasteiger partial charge in [0.25, 0.3) is 0 Å². The smallest absolute Gasteiger partial charge is 0.311 e. The van der Waals surface area contributed by atoms with E-state index in [4.69, 9.17) is 4.74 Å². The van der Waals surface area contributed by atoms with Crippen LogP contribution in [0.25, 0.3) is 0 Å². The molecule has 1 aromatic carbocycles. The van der Waals surface area contributed by atoms with E-state index in [-0.39, 0.29) is 12.2 Å². The first-order chi connectivity index (χ1) is 6.72. The van der Waals surface area contributed by atoms with Crippen molar-refractivity contribution in [3.63, 3.8) is 0 Å². The van der Waals surface area contributed by atoms with Gasteiger partial charge in [-0.1, -0.05) is 25.1 Å². The fourth-order valence-corrected chi connectivity index (χ4v) is 1.04. The summed E-state index contributed by atoms with van der Waals surface area (Å²) >= 11 is 0. The molecule has 75 valence electrons. The number of para-hydroxylation sites is 1. The van der Waals surface area contributed by atoms with E-state index in [9.17, 15) is 4.79 Å². The SMILES string of the molecule is C[CH]C(=O)OC(C)Nc1ccccc1. The lowest BCUT2D eigenvalue weighted by Gasteiger charge is -2.15. The van der Waals surface area contributed by atoms with Gasteiger partial charge in [0.1, 0.15) is 0 Å². The van der Waals surface area contributed by atoms with Gasteiger partial charge in [0.05, 0.1) is 6.42 Å². The minimum absolute atomic E-state index is 0.318. The molecule has 1 radical (unpaired) electrons. The first kappa shape index (κ1) is 10.6. The molecular weight excluding hydrogens is 178 g/mol. The Balaban J connectivity index is 2.41.